The normalized spacial score (nSPS) is 12.2. The summed E-state index contributed by atoms with van der Waals surface area (Å²) in [7, 11) is 0. The number of thioether (sulfide) groups is 1. The second-order valence-corrected chi connectivity index (χ2v) is 5.84. The first-order valence-electron chi connectivity index (χ1n) is 5.78. The Hall–Kier alpha value is -1.24. The van der Waals surface area contributed by atoms with Crippen molar-refractivity contribution in [1.82, 2.24) is 20.5 Å². The van der Waals surface area contributed by atoms with Crippen LogP contribution in [0.4, 0.5) is 0 Å². The molecule has 0 aliphatic rings. The molecular formula is C12H12Cl2N4OS. The summed E-state index contributed by atoms with van der Waals surface area (Å²) in [6.07, 6.45) is 1.40. The lowest BCUT2D eigenvalue weighted by molar-refractivity contribution is -0.119. The van der Waals surface area contributed by atoms with E-state index in [1.807, 2.05) is 6.92 Å². The number of nitrogens with one attached hydrogen (secondary N) is 2. The number of benzene rings is 1. The smallest absolute Gasteiger partial charge is 0.230 e. The third kappa shape index (κ3) is 4.13. The minimum Gasteiger partial charge on any atom is -0.349 e. The largest absolute Gasteiger partial charge is 0.349 e. The fourth-order valence-electron chi connectivity index (χ4n) is 1.61. The Kier molecular flexibility index (Phi) is 5.28. The van der Waals surface area contributed by atoms with Crippen molar-refractivity contribution in [2.24, 2.45) is 0 Å². The van der Waals surface area contributed by atoms with E-state index in [2.05, 4.69) is 20.5 Å². The third-order valence-electron chi connectivity index (χ3n) is 2.54. The van der Waals surface area contributed by atoms with Gasteiger partial charge in [0.15, 0.2) is 5.16 Å². The van der Waals surface area contributed by atoms with Crippen molar-refractivity contribution in [2.45, 2.75) is 18.1 Å². The molecule has 20 heavy (non-hydrogen) atoms. The van der Waals surface area contributed by atoms with E-state index in [-0.39, 0.29) is 17.7 Å². The lowest BCUT2D eigenvalue weighted by Gasteiger charge is -2.15. The monoisotopic (exact) mass is 330 g/mol. The maximum absolute atomic E-state index is 11.8. The minimum absolute atomic E-state index is 0.107. The second kappa shape index (κ2) is 6.97. The van der Waals surface area contributed by atoms with Crippen molar-refractivity contribution >= 4 is 40.9 Å². The molecule has 0 radical (unpaired) electrons. The van der Waals surface area contributed by atoms with Gasteiger partial charge in [-0.05, 0) is 24.6 Å². The van der Waals surface area contributed by atoms with Crippen LogP contribution in [0.5, 0.6) is 0 Å². The van der Waals surface area contributed by atoms with Crippen molar-refractivity contribution < 1.29 is 4.79 Å². The number of hydrogen-bond acceptors (Lipinski definition) is 4. The first kappa shape index (κ1) is 15.2. The standard InChI is InChI=1S/C12H12Cl2N4OS/c1-7(9-3-2-8(13)4-10(9)14)17-11(19)5-20-12-15-6-16-18-12/h2-4,6-7H,5H2,1H3,(H,17,19)(H,15,16,18)/t7-/m1/s1. The number of nitrogens with zero attached hydrogens (tertiary/aromatic N) is 2. The van der Waals surface area contributed by atoms with Gasteiger partial charge in [-0.1, -0.05) is 41.0 Å². The van der Waals surface area contributed by atoms with Crippen LogP contribution in [0.3, 0.4) is 0 Å². The van der Waals surface area contributed by atoms with Crippen molar-refractivity contribution in [1.29, 1.82) is 0 Å². The summed E-state index contributed by atoms with van der Waals surface area (Å²) in [5.74, 6) is 0.148. The van der Waals surface area contributed by atoms with Gasteiger partial charge in [0, 0.05) is 10.0 Å². The number of aromatic nitrogens is 3. The Morgan fingerprint density at radius 1 is 1.50 bits per heavy atom. The summed E-state index contributed by atoms with van der Waals surface area (Å²) < 4.78 is 0. The van der Waals surface area contributed by atoms with Crippen LogP contribution in [0.25, 0.3) is 0 Å². The van der Waals surface area contributed by atoms with E-state index >= 15 is 0 Å². The molecule has 5 nitrogen and oxygen atoms in total. The first-order valence-corrected chi connectivity index (χ1v) is 7.53. The molecule has 0 spiro atoms. The molecule has 1 atom stereocenters. The fraction of sp³-hybridized carbons (Fsp3) is 0.250. The van der Waals surface area contributed by atoms with Gasteiger partial charge in [0.2, 0.25) is 5.91 Å². The molecule has 0 saturated heterocycles. The van der Waals surface area contributed by atoms with Crippen LogP contribution in [0, 0.1) is 0 Å². The summed E-state index contributed by atoms with van der Waals surface area (Å²) in [5.41, 5.74) is 0.828. The van der Waals surface area contributed by atoms with Gasteiger partial charge in [-0.25, -0.2) is 4.98 Å². The molecule has 8 heteroatoms. The average Bonchev–Trinajstić information content (AvgIpc) is 2.89. The van der Waals surface area contributed by atoms with Crippen molar-refractivity contribution in [2.75, 3.05) is 5.75 Å². The summed E-state index contributed by atoms with van der Waals surface area (Å²) in [6, 6.07) is 5.01. The highest BCUT2D eigenvalue weighted by Crippen LogP contribution is 2.26. The number of carbonyl (C=O) groups excluding carboxylic acids is 1. The van der Waals surface area contributed by atoms with Crippen LogP contribution in [0.15, 0.2) is 29.7 Å². The number of H-pyrrole nitrogens is 1. The lowest BCUT2D eigenvalue weighted by Crippen LogP contribution is -2.28. The second-order valence-electron chi connectivity index (χ2n) is 4.03. The molecule has 2 N–H and O–H groups in total. The predicted molar refractivity (Wildman–Crippen MR) is 80.1 cm³/mol. The molecule has 0 bridgehead atoms. The van der Waals surface area contributed by atoms with Crippen LogP contribution >= 0.6 is 35.0 Å². The van der Waals surface area contributed by atoms with Gasteiger partial charge in [-0.2, -0.15) is 5.10 Å². The van der Waals surface area contributed by atoms with E-state index in [0.717, 1.165) is 5.56 Å². The Bertz CT molecular complexity index is 591. The predicted octanol–water partition coefficient (Wildman–Crippen LogP) is 3.08. The van der Waals surface area contributed by atoms with Crippen LogP contribution in [0.1, 0.15) is 18.5 Å². The molecule has 2 rings (SSSR count). The van der Waals surface area contributed by atoms with Gasteiger partial charge in [-0.15, -0.1) is 0 Å². The molecule has 0 unspecified atom stereocenters. The molecule has 1 aromatic carbocycles. The molecule has 1 aromatic heterocycles. The van der Waals surface area contributed by atoms with E-state index in [9.17, 15) is 4.79 Å². The molecule has 0 saturated carbocycles. The number of rotatable bonds is 5. The highest BCUT2D eigenvalue weighted by atomic mass is 35.5. The quantitative estimate of drug-likeness (QED) is 0.826. The zero-order valence-corrected chi connectivity index (χ0v) is 12.9. The van der Waals surface area contributed by atoms with Gasteiger partial charge in [0.1, 0.15) is 6.33 Å². The topological polar surface area (TPSA) is 70.7 Å². The zero-order chi connectivity index (χ0) is 14.5. The molecule has 0 aliphatic carbocycles. The number of carbonyl (C=O) groups is 1. The number of halogens is 2. The van der Waals surface area contributed by atoms with Gasteiger partial charge in [0.25, 0.3) is 0 Å². The molecule has 106 valence electrons. The van der Waals surface area contributed by atoms with Gasteiger partial charge in [-0.3, -0.25) is 9.89 Å². The van der Waals surface area contributed by atoms with Crippen LogP contribution in [-0.2, 0) is 4.79 Å². The summed E-state index contributed by atoms with van der Waals surface area (Å²) >= 11 is 13.2. The number of aromatic amines is 1. The van der Waals surface area contributed by atoms with Crippen molar-refractivity contribution in [3.05, 3.63) is 40.1 Å². The van der Waals surface area contributed by atoms with Crippen molar-refractivity contribution in [3.63, 3.8) is 0 Å². The summed E-state index contributed by atoms with van der Waals surface area (Å²) in [4.78, 5) is 15.8. The molecule has 2 aromatic rings. The summed E-state index contributed by atoms with van der Waals surface area (Å²) in [5, 5.41) is 11.0. The van der Waals surface area contributed by atoms with Crippen LogP contribution in [0.2, 0.25) is 10.0 Å². The SMILES string of the molecule is C[C@@H](NC(=O)CSc1ncn[nH]1)c1ccc(Cl)cc1Cl. The van der Waals surface area contributed by atoms with E-state index in [0.29, 0.717) is 15.2 Å². The number of hydrogen-bond donors (Lipinski definition) is 2. The zero-order valence-electron chi connectivity index (χ0n) is 10.6. The van der Waals surface area contributed by atoms with Crippen LogP contribution in [-0.4, -0.2) is 26.8 Å². The molecular weight excluding hydrogens is 319 g/mol. The molecule has 0 aliphatic heterocycles. The Morgan fingerprint density at radius 3 is 2.95 bits per heavy atom. The highest BCUT2D eigenvalue weighted by molar-refractivity contribution is 7.99. The molecule has 0 fully saturated rings. The lowest BCUT2D eigenvalue weighted by atomic mass is 10.1. The highest BCUT2D eigenvalue weighted by Gasteiger charge is 2.13. The van der Waals surface area contributed by atoms with E-state index in [1.165, 1.54) is 18.1 Å². The maximum Gasteiger partial charge on any atom is 0.230 e. The maximum atomic E-state index is 11.8. The van der Waals surface area contributed by atoms with Gasteiger partial charge >= 0.3 is 0 Å². The fourth-order valence-corrected chi connectivity index (χ4v) is 2.77. The molecule has 1 amide bonds. The van der Waals surface area contributed by atoms with Crippen LogP contribution < -0.4 is 5.32 Å². The Labute approximate surface area is 130 Å². The van der Waals surface area contributed by atoms with E-state index in [1.54, 1.807) is 18.2 Å². The van der Waals surface area contributed by atoms with Gasteiger partial charge < -0.3 is 5.32 Å². The van der Waals surface area contributed by atoms with Gasteiger partial charge in [0.05, 0.1) is 11.8 Å². The Morgan fingerprint density at radius 2 is 2.30 bits per heavy atom. The average molecular weight is 331 g/mol. The number of amides is 1. The van der Waals surface area contributed by atoms with Crippen molar-refractivity contribution in [3.8, 4) is 0 Å². The molecule has 1 heterocycles. The third-order valence-corrected chi connectivity index (χ3v) is 3.98. The summed E-state index contributed by atoms with van der Waals surface area (Å²) in [6.45, 7) is 1.87. The Balaban J connectivity index is 1.90. The first-order chi connectivity index (χ1) is 9.56. The van der Waals surface area contributed by atoms with E-state index in [4.69, 9.17) is 23.2 Å². The minimum atomic E-state index is -0.192. The van der Waals surface area contributed by atoms with E-state index < -0.39 is 0 Å².